The minimum atomic E-state index is -0.679. The van der Waals surface area contributed by atoms with Crippen molar-refractivity contribution in [1.82, 2.24) is 15.5 Å². The van der Waals surface area contributed by atoms with Crippen LogP contribution in [-0.4, -0.2) is 55.6 Å². The van der Waals surface area contributed by atoms with Gasteiger partial charge in [0.15, 0.2) is 0 Å². The number of nitrogens with zero attached hydrogens (tertiary/aromatic N) is 1. The van der Waals surface area contributed by atoms with Crippen LogP contribution in [-0.2, 0) is 9.53 Å². The predicted molar refractivity (Wildman–Crippen MR) is 108 cm³/mol. The number of rotatable bonds is 7. The van der Waals surface area contributed by atoms with Crippen LogP contribution in [0.4, 0.5) is 4.39 Å². The fourth-order valence-electron chi connectivity index (χ4n) is 3.32. The van der Waals surface area contributed by atoms with Gasteiger partial charge >= 0.3 is 0 Å². The van der Waals surface area contributed by atoms with Gasteiger partial charge in [0.05, 0.1) is 19.3 Å². The van der Waals surface area contributed by atoms with Crippen LogP contribution in [0.2, 0.25) is 0 Å². The third-order valence-corrected chi connectivity index (χ3v) is 4.99. The lowest BCUT2D eigenvalue weighted by molar-refractivity contribution is -0.122. The molecule has 1 saturated heterocycles. The molecule has 2 aromatic rings. The normalized spacial score (nSPS) is 16.6. The number of hydrogen-bond donors (Lipinski definition) is 2. The number of carbonyl (C=O) groups is 2. The molecule has 154 valence electrons. The van der Waals surface area contributed by atoms with Gasteiger partial charge in [-0.2, -0.15) is 0 Å². The Morgan fingerprint density at radius 1 is 1.07 bits per heavy atom. The molecule has 0 aliphatic carbocycles. The van der Waals surface area contributed by atoms with E-state index in [0.29, 0.717) is 25.3 Å². The van der Waals surface area contributed by atoms with E-state index in [1.54, 1.807) is 43.3 Å². The topological polar surface area (TPSA) is 70.7 Å². The summed E-state index contributed by atoms with van der Waals surface area (Å²) >= 11 is 0. The van der Waals surface area contributed by atoms with Crippen molar-refractivity contribution in [3.8, 4) is 0 Å². The number of carbonyl (C=O) groups excluding carboxylic acids is 2. The maximum absolute atomic E-state index is 13.3. The Morgan fingerprint density at radius 2 is 1.72 bits per heavy atom. The summed E-state index contributed by atoms with van der Waals surface area (Å²) in [6, 6.07) is 14.3. The van der Waals surface area contributed by atoms with Crippen LogP contribution in [0.5, 0.6) is 0 Å². The number of nitrogens with one attached hydrogen (secondary N) is 2. The molecule has 2 atom stereocenters. The van der Waals surface area contributed by atoms with Crippen molar-refractivity contribution in [3.05, 3.63) is 71.5 Å². The van der Waals surface area contributed by atoms with Gasteiger partial charge in [0.2, 0.25) is 5.91 Å². The Labute approximate surface area is 170 Å². The summed E-state index contributed by atoms with van der Waals surface area (Å²) in [5, 5.41) is 5.63. The second kappa shape index (κ2) is 10.1. The molecule has 1 aliphatic heterocycles. The van der Waals surface area contributed by atoms with Crippen molar-refractivity contribution in [2.75, 3.05) is 32.8 Å². The van der Waals surface area contributed by atoms with Gasteiger partial charge in [-0.25, -0.2) is 4.39 Å². The molecule has 0 bridgehead atoms. The Bertz CT molecular complexity index is 808. The van der Waals surface area contributed by atoms with Gasteiger partial charge in [-0.3, -0.25) is 14.5 Å². The van der Waals surface area contributed by atoms with Crippen LogP contribution >= 0.6 is 0 Å². The van der Waals surface area contributed by atoms with Crippen molar-refractivity contribution in [1.29, 1.82) is 0 Å². The lowest BCUT2D eigenvalue weighted by Gasteiger charge is -2.35. The van der Waals surface area contributed by atoms with E-state index in [-0.39, 0.29) is 23.7 Å². The molecule has 2 N–H and O–H groups in total. The summed E-state index contributed by atoms with van der Waals surface area (Å²) < 4.78 is 18.7. The van der Waals surface area contributed by atoms with Gasteiger partial charge in [-0.15, -0.1) is 0 Å². The van der Waals surface area contributed by atoms with Crippen LogP contribution in [0, 0.1) is 5.82 Å². The van der Waals surface area contributed by atoms with Crippen LogP contribution in [0.3, 0.4) is 0 Å². The second-order valence-corrected chi connectivity index (χ2v) is 7.02. The molecule has 1 heterocycles. The SMILES string of the molecule is CC(NC(=O)c1ccccc1)C(=O)NCC(c1ccc(F)cc1)N1CCOCC1. The van der Waals surface area contributed by atoms with Crippen LogP contribution < -0.4 is 10.6 Å². The summed E-state index contributed by atoms with van der Waals surface area (Å²) in [5.74, 6) is -0.859. The number of morpholine rings is 1. The largest absolute Gasteiger partial charge is 0.379 e. The number of ether oxygens (including phenoxy) is 1. The summed E-state index contributed by atoms with van der Waals surface area (Å²) in [5.41, 5.74) is 1.43. The number of benzene rings is 2. The zero-order chi connectivity index (χ0) is 20.6. The third-order valence-electron chi connectivity index (χ3n) is 4.99. The molecule has 2 unspecified atom stereocenters. The zero-order valence-electron chi connectivity index (χ0n) is 16.4. The van der Waals surface area contributed by atoms with Crippen LogP contribution in [0.1, 0.15) is 28.9 Å². The van der Waals surface area contributed by atoms with Gasteiger partial charge in [-0.05, 0) is 36.8 Å². The minimum absolute atomic E-state index is 0.0968. The average Bonchev–Trinajstić information content (AvgIpc) is 2.76. The van der Waals surface area contributed by atoms with E-state index in [1.165, 1.54) is 12.1 Å². The Kier molecular flexibility index (Phi) is 7.32. The highest BCUT2D eigenvalue weighted by molar-refractivity contribution is 5.97. The molecule has 0 saturated carbocycles. The molecular weight excluding hydrogens is 373 g/mol. The first-order chi connectivity index (χ1) is 14.0. The highest BCUT2D eigenvalue weighted by Gasteiger charge is 2.24. The molecule has 3 rings (SSSR count). The highest BCUT2D eigenvalue weighted by atomic mass is 19.1. The van der Waals surface area contributed by atoms with E-state index in [2.05, 4.69) is 15.5 Å². The molecule has 7 heteroatoms. The zero-order valence-corrected chi connectivity index (χ0v) is 16.4. The molecule has 6 nitrogen and oxygen atoms in total. The number of amides is 2. The predicted octanol–water partition coefficient (Wildman–Crippen LogP) is 2.13. The van der Waals surface area contributed by atoms with Gasteiger partial charge < -0.3 is 15.4 Å². The molecule has 0 spiro atoms. The standard InChI is InChI=1S/C22H26FN3O3/c1-16(25-22(28)18-5-3-2-4-6-18)21(27)24-15-20(26-11-13-29-14-12-26)17-7-9-19(23)10-8-17/h2-10,16,20H,11-15H2,1H3,(H,24,27)(H,25,28). The van der Waals surface area contributed by atoms with E-state index in [4.69, 9.17) is 4.74 Å². The van der Waals surface area contributed by atoms with E-state index in [0.717, 1.165) is 18.7 Å². The fourth-order valence-corrected chi connectivity index (χ4v) is 3.32. The summed E-state index contributed by atoms with van der Waals surface area (Å²) in [6.07, 6.45) is 0. The van der Waals surface area contributed by atoms with E-state index >= 15 is 0 Å². The maximum atomic E-state index is 13.3. The molecule has 2 aromatic carbocycles. The fraction of sp³-hybridized carbons (Fsp3) is 0.364. The first-order valence-electron chi connectivity index (χ1n) is 9.75. The maximum Gasteiger partial charge on any atom is 0.251 e. The number of halogens is 1. The molecule has 2 amide bonds. The monoisotopic (exact) mass is 399 g/mol. The van der Waals surface area contributed by atoms with Crippen LogP contribution in [0.25, 0.3) is 0 Å². The lowest BCUT2D eigenvalue weighted by atomic mass is 10.0. The van der Waals surface area contributed by atoms with Crippen LogP contribution in [0.15, 0.2) is 54.6 Å². The molecule has 1 fully saturated rings. The molecule has 1 aliphatic rings. The molecule has 29 heavy (non-hydrogen) atoms. The van der Waals surface area contributed by atoms with Crippen molar-refractivity contribution >= 4 is 11.8 Å². The van der Waals surface area contributed by atoms with Gasteiger partial charge in [0.1, 0.15) is 11.9 Å². The first kappa shape index (κ1) is 21.0. The van der Waals surface area contributed by atoms with Gasteiger partial charge in [0, 0.05) is 25.2 Å². The molecular formula is C22H26FN3O3. The van der Waals surface area contributed by atoms with Crippen molar-refractivity contribution in [3.63, 3.8) is 0 Å². The summed E-state index contributed by atoms with van der Waals surface area (Å²) in [7, 11) is 0. The van der Waals surface area contributed by atoms with Crippen molar-refractivity contribution in [2.45, 2.75) is 19.0 Å². The Balaban J connectivity index is 1.61. The Morgan fingerprint density at radius 3 is 2.38 bits per heavy atom. The molecule has 0 aromatic heterocycles. The third kappa shape index (κ3) is 5.85. The molecule has 0 radical (unpaired) electrons. The minimum Gasteiger partial charge on any atom is -0.379 e. The number of hydrogen-bond acceptors (Lipinski definition) is 4. The van der Waals surface area contributed by atoms with E-state index < -0.39 is 6.04 Å². The van der Waals surface area contributed by atoms with Gasteiger partial charge in [0.25, 0.3) is 5.91 Å². The summed E-state index contributed by atoms with van der Waals surface area (Å²) in [6.45, 7) is 4.72. The van der Waals surface area contributed by atoms with E-state index in [9.17, 15) is 14.0 Å². The van der Waals surface area contributed by atoms with Gasteiger partial charge in [-0.1, -0.05) is 30.3 Å². The second-order valence-electron chi connectivity index (χ2n) is 7.02. The quantitative estimate of drug-likeness (QED) is 0.748. The highest BCUT2D eigenvalue weighted by Crippen LogP contribution is 2.21. The van der Waals surface area contributed by atoms with Crippen molar-refractivity contribution in [2.24, 2.45) is 0 Å². The lowest BCUT2D eigenvalue weighted by Crippen LogP contribution is -2.48. The average molecular weight is 399 g/mol. The van der Waals surface area contributed by atoms with E-state index in [1.807, 2.05) is 6.07 Å². The summed E-state index contributed by atoms with van der Waals surface area (Å²) in [4.78, 5) is 27.0. The van der Waals surface area contributed by atoms with Crippen molar-refractivity contribution < 1.29 is 18.7 Å². The Hall–Kier alpha value is -2.77. The first-order valence-corrected chi connectivity index (χ1v) is 9.75. The smallest absolute Gasteiger partial charge is 0.251 e.